The molecule has 1 spiro atoms. The summed E-state index contributed by atoms with van der Waals surface area (Å²) in [5.41, 5.74) is 0.483. The van der Waals surface area contributed by atoms with Crippen molar-refractivity contribution in [3.8, 4) is 5.88 Å². The molecule has 1 aromatic heterocycles. The van der Waals surface area contributed by atoms with Crippen LogP contribution in [0.3, 0.4) is 0 Å². The zero-order chi connectivity index (χ0) is 16.7. The summed E-state index contributed by atoms with van der Waals surface area (Å²) in [5.74, 6) is 0.722. The van der Waals surface area contributed by atoms with Crippen LogP contribution in [0, 0.1) is 12.3 Å². The fraction of sp³-hybridized carbons (Fsp3) is 0.625. The quantitative estimate of drug-likeness (QED) is 0.841. The number of hydrogen-bond acceptors (Lipinski definition) is 5. The number of methoxy groups -OCH3 is 1. The van der Waals surface area contributed by atoms with Crippen molar-refractivity contribution in [3.63, 3.8) is 0 Å². The van der Waals surface area contributed by atoms with Crippen LogP contribution in [0.15, 0.2) is 17.0 Å². The van der Waals surface area contributed by atoms with Crippen LogP contribution in [0.1, 0.15) is 37.8 Å². The molecule has 2 fully saturated rings. The Morgan fingerprint density at radius 3 is 2.43 bits per heavy atom. The lowest BCUT2D eigenvalue weighted by atomic mass is 9.77. The lowest BCUT2D eigenvalue weighted by Gasteiger charge is -2.38. The van der Waals surface area contributed by atoms with E-state index in [0.717, 1.165) is 19.3 Å². The first-order chi connectivity index (χ1) is 10.9. The number of aryl methyl sites for hydroxylation is 1. The fourth-order valence-corrected chi connectivity index (χ4v) is 5.28. The Bertz CT molecular complexity index is 722. The van der Waals surface area contributed by atoms with Crippen LogP contribution in [-0.2, 0) is 14.8 Å². The molecule has 1 aromatic rings. The molecular weight excluding hydrogens is 316 g/mol. The number of Topliss-reactive ketones (excluding diaryl/α,β-unsaturated/α-hetero) is 1. The second-order valence-electron chi connectivity index (χ2n) is 6.56. The highest BCUT2D eigenvalue weighted by atomic mass is 32.2. The van der Waals surface area contributed by atoms with Gasteiger partial charge in [-0.2, -0.15) is 4.31 Å². The molecule has 0 amide bonds. The maximum atomic E-state index is 12.9. The third-order valence-corrected chi connectivity index (χ3v) is 7.16. The molecule has 0 unspecified atom stereocenters. The van der Waals surface area contributed by atoms with E-state index in [1.165, 1.54) is 11.4 Å². The minimum atomic E-state index is -3.55. The summed E-state index contributed by atoms with van der Waals surface area (Å²) in [4.78, 5) is 16.0. The summed E-state index contributed by atoms with van der Waals surface area (Å²) >= 11 is 0. The molecule has 23 heavy (non-hydrogen) atoms. The summed E-state index contributed by atoms with van der Waals surface area (Å²) in [7, 11) is -2.04. The summed E-state index contributed by atoms with van der Waals surface area (Å²) in [5, 5.41) is 0. The van der Waals surface area contributed by atoms with E-state index < -0.39 is 10.0 Å². The lowest BCUT2D eigenvalue weighted by Crippen LogP contribution is -2.42. The number of hydrogen-bond donors (Lipinski definition) is 0. The molecule has 7 heteroatoms. The average molecular weight is 338 g/mol. The number of pyridine rings is 1. The number of piperidine rings is 1. The molecule has 0 aromatic carbocycles. The molecule has 6 nitrogen and oxygen atoms in total. The van der Waals surface area contributed by atoms with Crippen LogP contribution >= 0.6 is 0 Å². The predicted octanol–water partition coefficient (Wildman–Crippen LogP) is 1.92. The molecule has 0 bridgehead atoms. The van der Waals surface area contributed by atoms with E-state index in [2.05, 4.69) is 4.98 Å². The number of carbonyl (C=O) groups excluding carboxylic acids is 1. The van der Waals surface area contributed by atoms with Crippen LogP contribution < -0.4 is 4.74 Å². The van der Waals surface area contributed by atoms with Gasteiger partial charge in [0.2, 0.25) is 15.9 Å². The first kappa shape index (κ1) is 16.4. The van der Waals surface area contributed by atoms with Gasteiger partial charge in [0.25, 0.3) is 0 Å². The minimum absolute atomic E-state index is 0.0380. The first-order valence-corrected chi connectivity index (χ1v) is 9.34. The molecule has 2 heterocycles. The predicted molar refractivity (Wildman–Crippen MR) is 84.8 cm³/mol. The van der Waals surface area contributed by atoms with Crippen molar-refractivity contribution in [2.45, 2.75) is 43.9 Å². The van der Waals surface area contributed by atoms with Gasteiger partial charge in [-0.1, -0.05) is 0 Å². The molecule has 0 atom stereocenters. The fourth-order valence-electron chi connectivity index (χ4n) is 3.68. The van der Waals surface area contributed by atoms with Crippen molar-refractivity contribution < 1.29 is 17.9 Å². The normalized spacial score (nSPS) is 21.7. The maximum Gasteiger partial charge on any atom is 0.244 e. The van der Waals surface area contributed by atoms with Gasteiger partial charge in [-0.15, -0.1) is 0 Å². The molecule has 1 aliphatic carbocycles. The van der Waals surface area contributed by atoms with Crippen molar-refractivity contribution in [3.05, 3.63) is 17.8 Å². The number of aromatic nitrogens is 1. The van der Waals surface area contributed by atoms with E-state index in [1.807, 2.05) is 0 Å². The molecule has 126 valence electrons. The Hall–Kier alpha value is -1.47. The SMILES string of the molecule is COc1ccc(S(=O)(=O)N2CCC3(CCC(=O)C3)CC2)c(C)n1. The number of nitrogens with zero attached hydrogens (tertiary/aromatic N) is 2. The smallest absolute Gasteiger partial charge is 0.244 e. The van der Waals surface area contributed by atoms with Gasteiger partial charge >= 0.3 is 0 Å². The summed E-state index contributed by atoms with van der Waals surface area (Å²) in [6.45, 7) is 2.62. The molecule has 2 aliphatic rings. The monoisotopic (exact) mass is 338 g/mol. The second-order valence-corrected chi connectivity index (χ2v) is 8.46. The largest absolute Gasteiger partial charge is 0.481 e. The summed E-state index contributed by atoms with van der Waals surface area (Å²) in [6.07, 6.45) is 3.70. The molecular formula is C16H22N2O4S. The topological polar surface area (TPSA) is 76.6 Å². The Labute approximate surface area is 136 Å². The third-order valence-electron chi connectivity index (χ3n) is 5.13. The molecule has 1 aliphatic heterocycles. The van der Waals surface area contributed by atoms with Crippen LogP contribution in [0.25, 0.3) is 0 Å². The third kappa shape index (κ3) is 2.99. The van der Waals surface area contributed by atoms with E-state index in [4.69, 9.17) is 4.74 Å². The van der Waals surface area contributed by atoms with Gasteiger partial charge in [-0.3, -0.25) is 4.79 Å². The van der Waals surface area contributed by atoms with Gasteiger partial charge in [0.1, 0.15) is 10.7 Å². The molecule has 1 saturated carbocycles. The van der Waals surface area contributed by atoms with Crippen molar-refractivity contribution in [2.24, 2.45) is 5.41 Å². The Balaban J connectivity index is 1.78. The standard InChI is InChI=1S/C16H22N2O4S/c1-12-14(3-4-15(17-12)22-2)23(20,21)18-9-7-16(8-10-18)6-5-13(19)11-16/h3-4H,5-11H2,1-2H3. The lowest BCUT2D eigenvalue weighted by molar-refractivity contribution is -0.118. The first-order valence-electron chi connectivity index (χ1n) is 7.90. The van der Waals surface area contributed by atoms with Gasteiger partial charge in [0.05, 0.1) is 12.8 Å². The zero-order valence-electron chi connectivity index (χ0n) is 13.5. The number of rotatable bonds is 3. The number of ether oxygens (including phenoxy) is 1. The van der Waals surface area contributed by atoms with E-state index in [1.54, 1.807) is 19.1 Å². The maximum absolute atomic E-state index is 12.9. The van der Waals surface area contributed by atoms with Crippen molar-refractivity contribution >= 4 is 15.8 Å². The average Bonchev–Trinajstić information content (AvgIpc) is 2.88. The van der Waals surface area contributed by atoms with E-state index in [9.17, 15) is 13.2 Å². The van der Waals surface area contributed by atoms with Gasteiger partial charge in [-0.25, -0.2) is 13.4 Å². The number of ketones is 1. The van der Waals surface area contributed by atoms with Gasteiger partial charge < -0.3 is 4.74 Å². The van der Waals surface area contributed by atoms with Crippen LogP contribution in [-0.4, -0.2) is 43.7 Å². The molecule has 3 rings (SSSR count). The Morgan fingerprint density at radius 2 is 1.91 bits per heavy atom. The summed E-state index contributed by atoms with van der Waals surface area (Å²) in [6, 6.07) is 3.13. The molecule has 1 saturated heterocycles. The van der Waals surface area contributed by atoms with Crippen LogP contribution in [0.5, 0.6) is 5.88 Å². The Kier molecular flexibility index (Phi) is 4.18. The Morgan fingerprint density at radius 1 is 1.22 bits per heavy atom. The zero-order valence-corrected chi connectivity index (χ0v) is 14.4. The molecule has 0 N–H and O–H groups in total. The highest BCUT2D eigenvalue weighted by Crippen LogP contribution is 2.45. The second kappa shape index (κ2) is 5.87. The highest BCUT2D eigenvalue weighted by molar-refractivity contribution is 7.89. The number of sulfonamides is 1. The van der Waals surface area contributed by atoms with Crippen LogP contribution in [0.2, 0.25) is 0 Å². The van der Waals surface area contributed by atoms with Crippen molar-refractivity contribution in [1.29, 1.82) is 0 Å². The van der Waals surface area contributed by atoms with Gasteiger partial charge in [0.15, 0.2) is 0 Å². The minimum Gasteiger partial charge on any atom is -0.481 e. The summed E-state index contributed by atoms with van der Waals surface area (Å²) < 4.78 is 32.3. The van der Waals surface area contributed by atoms with Crippen molar-refractivity contribution in [2.75, 3.05) is 20.2 Å². The van der Waals surface area contributed by atoms with Gasteiger partial charge in [-0.05, 0) is 37.7 Å². The molecule has 0 radical (unpaired) electrons. The number of carbonyl (C=O) groups is 1. The van der Waals surface area contributed by atoms with Crippen LogP contribution in [0.4, 0.5) is 0 Å². The van der Waals surface area contributed by atoms with E-state index in [0.29, 0.717) is 43.3 Å². The van der Waals surface area contributed by atoms with Crippen molar-refractivity contribution in [1.82, 2.24) is 9.29 Å². The highest BCUT2D eigenvalue weighted by Gasteiger charge is 2.43. The van der Waals surface area contributed by atoms with E-state index in [-0.39, 0.29) is 10.3 Å². The van der Waals surface area contributed by atoms with Gasteiger partial charge in [0, 0.05) is 32.0 Å². The van der Waals surface area contributed by atoms with E-state index >= 15 is 0 Å².